The van der Waals surface area contributed by atoms with Gasteiger partial charge in [0, 0.05) is 16.5 Å². The molecule has 0 bridgehead atoms. The summed E-state index contributed by atoms with van der Waals surface area (Å²) in [6.07, 6.45) is 0. The summed E-state index contributed by atoms with van der Waals surface area (Å²) in [7, 11) is -3.90. The zero-order chi connectivity index (χ0) is 22.6. The van der Waals surface area contributed by atoms with Gasteiger partial charge < -0.3 is 0 Å². The van der Waals surface area contributed by atoms with Crippen LogP contribution in [0.3, 0.4) is 0 Å². The van der Waals surface area contributed by atoms with Gasteiger partial charge >= 0.3 is 0 Å². The van der Waals surface area contributed by atoms with E-state index in [1.54, 1.807) is 31.2 Å². The molecule has 3 aromatic carbocycles. The van der Waals surface area contributed by atoms with Crippen molar-refractivity contribution in [1.82, 2.24) is 3.97 Å². The predicted molar refractivity (Wildman–Crippen MR) is 127 cm³/mol. The summed E-state index contributed by atoms with van der Waals surface area (Å²) in [5.74, 6) is -0.493. The highest BCUT2D eigenvalue weighted by molar-refractivity contribution is 7.90. The van der Waals surface area contributed by atoms with Crippen LogP contribution in [-0.4, -0.2) is 18.2 Å². The molecule has 0 saturated heterocycles. The first-order chi connectivity index (χ1) is 15.3. The minimum atomic E-state index is -3.90. The number of fused-ring (bicyclic) bond motifs is 3. The van der Waals surface area contributed by atoms with Crippen LogP contribution in [0.1, 0.15) is 42.1 Å². The molecule has 4 nitrogen and oxygen atoms in total. The van der Waals surface area contributed by atoms with Gasteiger partial charge in [-0.05, 0) is 50.1 Å². The van der Waals surface area contributed by atoms with Crippen LogP contribution in [0.4, 0.5) is 0 Å². The van der Waals surface area contributed by atoms with E-state index in [9.17, 15) is 13.2 Å². The Hall–Kier alpha value is -3.44. The molecule has 0 spiro atoms. The molecule has 160 valence electrons. The van der Waals surface area contributed by atoms with E-state index in [1.807, 2.05) is 68.4 Å². The van der Waals surface area contributed by atoms with Crippen molar-refractivity contribution < 1.29 is 13.2 Å². The molecule has 0 amide bonds. The van der Waals surface area contributed by atoms with Gasteiger partial charge in [-0.1, -0.05) is 66.2 Å². The summed E-state index contributed by atoms with van der Waals surface area (Å²) in [5.41, 5.74) is 5.50. The van der Waals surface area contributed by atoms with Crippen molar-refractivity contribution in [3.8, 4) is 0 Å². The van der Waals surface area contributed by atoms with E-state index in [4.69, 9.17) is 0 Å². The fourth-order valence-corrected chi connectivity index (χ4v) is 6.45. The minimum absolute atomic E-state index is 0.0454. The molecule has 1 heterocycles. The third kappa shape index (κ3) is 2.88. The van der Waals surface area contributed by atoms with Gasteiger partial charge in [0.2, 0.25) is 0 Å². The van der Waals surface area contributed by atoms with Gasteiger partial charge in [0.15, 0.2) is 5.78 Å². The highest BCUT2D eigenvalue weighted by atomic mass is 32.2. The number of benzene rings is 3. The van der Waals surface area contributed by atoms with Crippen LogP contribution in [0.2, 0.25) is 0 Å². The van der Waals surface area contributed by atoms with Crippen LogP contribution in [0, 0.1) is 6.92 Å². The standard InChI is InChI=1S/C27H23NO3S/c1-17-13-15-21(16-14-17)32(30,31)28-23-12-8-7-11-22(23)25-18(2)24(19(3)29)26(27(25)28)20-9-5-4-6-10-20/h4-16,26H,1-3H3. The van der Waals surface area contributed by atoms with Gasteiger partial charge in [-0.25, -0.2) is 12.4 Å². The number of aryl methyl sites for hydroxylation is 1. The number of carbonyl (C=O) groups is 1. The molecule has 1 atom stereocenters. The quantitative estimate of drug-likeness (QED) is 0.408. The summed E-state index contributed by atoms with van der Waals surface area (Å²) in [6.45, 7) is 5.41. The summed E-state index contributed by atoms with van der Waals surface area (Å²) in [6, 6.07) is 24.1. The second-order valence-corrected chi connectivity index (χ2v) is 10.1. The van der Waals surface area contributed by atoms with E-state index in [-0.39, 0.29) is 10.7 Å². The van der Waals surface area contributed by atoms with Crippen molar-refractivity contribution in [3.63, 3.8) is 0 Å². The van der Waals surface area contributed by atoms with E-state index in [2.05, 4.69) is 0 Å². The molecule has 0 radical (unpaired) electrons. The topological polar surface area (TPSA) is 56.1 Å². The van der Waals surface area contributed by atoms with E-state index in [0.29, 0.717) is 16.8 Å². The lowest BCUT2D eigenvalue weighted by molar-refractivity contribution is -0.113. The van der Waals surface area contributed by atoms with Crippen LogP contribution in [0.5, 0.6) is 0 Å². The number of nitrogens with zero attached hydrogens (tertiary/aromatic N) is 1. The third-order valence-electron chi connectivity index (χ3n) is 6.28. The molecular formula is C27H23NO3S. The van der Waals surface area contributed by atoms with Crippen LogP contribution in [-0.2, 0) is 14.8 Å². The number of hydrogen-bond donors (Lipinski definition) is 0. The molecule has 0 saturated carbocycles. The Morgan fingerprint density at radius 1 is 0.844 bits per heavy atom. The average molecular weight is 442 g/mol. The first-order valence-corrected chi connectivity index (χ1v) is 12.0. The van der Waals surface area contributed by atoms with Gasteiger partial charge in [-0.2, -0.15) is 0 Å². The van der Waals surface area contributed by atoms with Crippen molar-refractivity contribution in [1.29, 1.82) is 0 Å². The molecule has 0 fully saturated rings. The zero-order valence-corrected chi connectivity index (χ0v) is 19.0. The second-order valence-electron chi connectivity index (χ2n) is 8.30. The second kappa shape index (κ2) is 7.31. The number of Topliss-reactive ketones (excluding diaryl/α,β-unsaturated/α-hetero) is 1. The van der Waals surface area contributed by atoms with Gasteiger partial charge in [0.1, 0.15) is 0 Å². The summed E-state index contributed by atoms with van der Waals surface area (Å²) < 4.78 is 29.5. The highest BCUT2D eigenvalue weighted by Gasteiger charge is 2.40. The Morgan fingerprint density at radius 3 is 2.12 bits per heavy atom. The average Bonchev–Trinajstić information content (AvgIpc) is 3.27. The van der Waals surface area contributed by atoms with Crippen LogP contribution in [0.25, 0.3) is 16.5 Å². The molecule has 1 aliphatic rings. The Bertz CT molecular complexity index is 1510. The fraction of sp³-hybridized carbons (Fsp3) is 0.148. The van der Waals surface area contributed by atoms with Crippen LogP contribution < -0.4 is 0 Å². The summed E-state index contributed by atoms with van der Waals surface area (Å²) in [4.78, 5) is 13.0. The number of allylic oxidation sites excluding steroid dienone is 2. The molecule has 4 aromatic rings. The summed E-state index contributed by atoms with van der Waals surface area (Å²) in [5, 5.41) is 0.841. The Morgan fingerprint density at radius 2 is 1.47 bits per heavy atom. The Labute approximate surface area is 187 Å². The van der Waals surface area contributed by atoms with E-state index in [1.165, 1.54) is 3.97 Å². The van der Waals surface area contributed by atoms with Crippen molar-refractivity contribution in [2.45, 2.75) is 31.6 Å². The number of rotatable bonds is 4. The van der Waals surface area contributed by atoms with E-state index >= 15 is 0 Å². The molecule has 0 N–H and O–H groups in total. The maximum absolute atomic E-state index is 14.0. The number of hydrogen-bond acceptors (Lipinski definition) is 3. The first-order valence-electron chi connectivity index (χ1n) is 10.5. The predicted octanol–water partition coefficient (Wildman–Crippen LogP) is 5.69. The Kier molecular flexibility index (Phi) is 4.68. The Balaban J connectivity index is 1.91. The number of aromatic nitrogens is 1. The molecule has 32 heavy (non-hydrogen) atoms. The highest BCUT2D eigenvalue weighted by Crippen LogP contribution is 2.50. The molecule has 0 aliphatic heterocycles. The van der Waals surface area contributed by atoms with Crippen molar-refractivity contribution in [2.75, 3.05) is 0 Å². The smallest absolute Gasteiger partial charge is 0.268 e. The lowest BCUT2D eigenvalue weighted by Gasteiger charge is -2.20. The number of para-hydroxylation sites is 1. The largest absolute Gasteiger partial charge is 0.295 e. The normalized spacial score (nSPS) is 15.9. The minimum Gasteiger partial charge on any atom is -0.295 e. The molecule has 1 aromatic heterocycles. The first kappa shape index (κ1) is 20.5. The molecule has 5 heteroatoms. The lowest BCUT2D eigenvalue weighted by Crippen LogP contribution is -2.19. The lowest BCUT2D eigenvalue weighted by atomic mass is 9.89. The van der Waals surface area contributed by atoms with Crippen molar-refractivity contribution in [2.24, 2.45) is 0 Å². The molecule has 5 rings (SSSR count). The summed E-state index contributed by atoms with van der Waals surface area (Å²) >= 11 is 0. The maximum atomic E-state index is 14.0. The van der Waals surface area contributed by atoms with Gasteiger partial charge in [-0.15, -0.1) is 0 Å². The van der Waals surface area contributed by atoms with Crippen LogP contribution >= 0.6 is 0 Å². The van der Waals surface area contributed by atoms with Crippen LogP contribution in [0.15, 0.2) is 89.3 Å². The fourth-order valence-electron chi connectivity index (χ4n) is 4.89. The third-order valence-corrected chi connectivity index (χ3v) is 8.02. The molecule has 1 aliphatic carbocycles. The molecule has 1 unspecified atom stereocenters. The van der Waals surface area contributed by atoms with E-state index in [0.717, 1.165) is 27.6 Å². The van der Waals surface area contributed by atoms with Crippen molar-refractivity contribution in [3.05, 3.63) is 107 Å². The molecular weight excluding hydrogens is 418 g/mol. The van der Waals surface area contributed by atoms with Gasteiger partial charge in [0.25, 0.3) is 10.0 Å². The van der Waals surface area contributed by atoms with E-state index < -0.39 is 15.9 Å². The SMILES string of the molecule is CC(=O)C1=C(C)c2c(n(S(=O)(=O)c3ccc(C)cc3)c3ccccc23)C1c1ccccc1. The number of ketones is 1. The number of carbonyl (C=O) groups excluding carboxylic acids is 1. The van der Waals surface area contributed by atoms with Gasteiger partial charge in [0.05, 0.1) is 22.0 Å². The van der Waals surface area contributed by atoms with Crippen molar-refractivity contribution >= 4 is 32.3 Å². The van der Waals surface area contributed by atoms with Gasteiger partial charge in [-0.3, -0.25) is 4.79 Å². The zero-order valence-electron chi connectivity index (χ0n) is 18.2. The maximum Gasteiger partial charge on any atom is 0.268 e. The monoisotopic (exact) mass is 441 g/mol.